The summed E-state index contributed by atoms with van der Waals surface area (Å²) in [6.45, 7) is 4.66. The third-order valence-electron chi connectivity index (χ3n) is 3.25. The highest BCUT2D eigenvalue weighted by molar-refractivity contribution is 14.0. The molecule has 2 rings (SSSR count). The van der Waals surface area contributed by atoms with Crippen LogP contribution in [0.3, 0.4) is 0 Å². The van der Waals surface area contributed by atoms with Crippen molar-refractivity contribution in [3.05, 3.63) is 41.8 Å². The van der Waals surface area contributed by atoms with Crippen LogP contribution in [0.4, 0.5) is 4.39 Å². The molecule has 1 heterocycles. The smallest absolute Gasteiger partial charge is 0.246 e. The van der Waals surface area contributed by atoms with Crippen molar-refractivity contribution in [2.45, 2.75) is 32.9 Å². The molecule has 0 spiro atoms. The molecular weight excluding hydrogens is 440 g/mol. The van der Waals surface area contributed by atoms with E-state index in [1.807, 2.05) is 6.92 Å². The van der Waals surface area contributed by atoms with Crippen molar-refractivity contribution in [1.82, 2.24) is 20.8 Å². The predicted molar refractivity (Wildman–Crippen MR) is 104 cm³/mol. The zero-order valence-corrected chi connectivity index (χ0v) is 16.8. The van der Waals surface area contributed by atoms with Gasteiger partial charge in [0, 0.05) is 13.1 Å². The highest BCUT2D eigenvalue weighted by Crippen LogP contribution is 2.14. The van der Waals surface area contributed by atoms with Crippen LogP contribution in [-0.2, 0) is 6.54 Å². The van der Waals surface area contributed by atoms with E-state index in [1.165, 1.54) is 12.1 Å². The molecular formula is C16H23FIN5O2. The summed E-state index contributed by atoms with van der Waals surface area (Å²) in [5.74, 6) is 1.85. The molecule has 2 N–H and O–H groups in total. The molecule has 138 valence electrons. The summed E-state index contributed by atoms with van der Waals surface area (Å²) in [6.07, 6.45) is 0.652. The van der Waals surface area contributed by atoms with Crippen molar-refractivity contribution in [2.24, 2.45) is 4.99 Å². The average Bonchev–Trinajstić information content (AvgIpc) is 2.99. The zero-order chi connectivity index (χ0) is 17.4. The maximum absolute atomic E-state index is 13.2. The molecule has 9 heteroatoms. The summed E-state index contributed by atoms with van der Waals surface area (Å²) in [6, 6.07) is 6.11. The van der Waals surface area contributed by atoms with E-state index < -0.39 is 0 Å². The number of rotatable bonds is 7. The lowest BCUT2D eigenvalue weighted by Gasteiger charge is -2.19. The molecule has 0 fully saturated rings. The number of guanidine groups is 1. The number of ether oxygens (including phenoxy) is 1. The predicted octanol–water partition coefficient (Wildman–Crippen LogP) is 2.66. The largest absolute Gasteiger partial charge is 0.489 e. The number of aliphatic imine (C=N–C) groups is 1. The molecule has 0 radical (unpaired) electrons. The topological polar surface area (TPSA) is 84.6 Å². The van der Waals surface area contributed by atoms with Gasteiger partial charge in [-0.1, -0.05) is 18.1 Å². The summed E-state index contributed by atoms with van der Waals surface area (Å²) >= 11 is 0. The van der Waals surface area contributed by atoms with E-state index >= 15 is 0 Å². The first kappa shape index (κ1) is 21.1. The summed E-state index contributed by atoms with van der Waals surface area (Å²) < 4.78 is 24.0. The Hall–Kier alpha value is -1.91. The van der Waals surface area contributed by atoms with Gasteiger partial charge in [0.15, 0.2) is 11.8 Å². The molecule has 25 heavy (non-hydrogen) atoms. The van der Waals surface area contributed by atoms with Gasteiger partial charge in [-0.25, -0.2) is 4.39 Å². The Labute approximate surface area is 163 Å². The first-order valence-electron chi connectivity index (χ1n) is 7.76. The van der Waals surface area contributed by atoms with Gasteiger partial charge in [-0.2, -0.15) is 4.98 Å². The fraction of sp³-hybridized carbons (Fsp3) is 0.438. The number of nitrogens with zero attached hydrogens (tertiary/aromatic N) is 3. The normalized spacial score (nSPS) is 12.2. The van der Waals surface area contributed by atoms with E-state index in [0.29, 0.717) is 36.5 Å². The van der Waals surface area contributed by atoms with Crippen LogP contribution in [0.15, 0.2) is 33.8 Å². The lowest BCUT2D eigenvalue weighted by Crippen LogP contribution is -2.42. The fourth-order valence-corrected chi connectivity index (χ4v) is 2.00. The minimum absolute atomic E-state index is 0. The third-order valence-corrected chi connectivity index (χ3v) is 3.25. The Morgan fingerprint density at radius 1 is 1.40 bits per heavy atom. The van der Waals surface area contributed by atoms with Crippen molar-refractivity contribution in [3.8, 4) is 5.75 Å². The summed E-state index contributed by atoms with van der Waals surface area (Å²) in [4.78, 5) is 8.24. The standard InChI is InChI=1S/C16H22FN5O2.HI/c1-4-13(23-14-7-5-6-12(17)8-14)9-19-16(18-3)20-10-15-21-11(2)22-24-15;/h5-8,13H,4,9-10H2,1-3H3,(H2,18,19,20);1H. The lowest BCUT2D eigenvalue weighted by atomic mass is 10.2. The van der Waals surface area contributed by atoms with Crippen LogP contribution in [0.2, 0.25) is 0 Å². The molecule has 0 aliphatic heterocycles. The van der Waals surface area contributed by atoms with Crippen LogP contribution in [0.1, 0.15) is 25.1 Å². The van der Waals surface area contributed by atoms with Crippen molar-refractivity contribution in [2.75, 3.05) is 13.6 Å². The number of hydrogen-bond donors (Lipinski definition) is 2. The number of benzene rings is 1. The Balaban J connectivity index is 0.00000312. The molecule has 7 nitrogen and oxygen atoms in total. The first-order valence-corrected chi connectivity index (χ1v) is 7.76. The van der Waals surface area contributed by atoms with Crippen molar-refractivity contribution < 1.29 is 13.7 Å². The highest BCUT2D eigenvalue weighted by Gasteiger charge is 2.10. The van der Waals surface area contributed by atoms with Gasteiger partial charge in [0.25, 0.3) is 0 Å². The van der Waals surface area contributed by atoms with Crippen LogP contribution in [-0.4, -0.2) is 35.8 Å². The van der Waals surface area contributed by atoms with Crippen LogP contribution >= 0.6 is 24.0 Å². The van der Waals surface area contributed by atoms with Crippen LogP contribution in [0.25, 0.3) is 0 Å². The fourth-order valence-electron chi connectivity index (χ4n) is 2.00. The second-order valence-electron chi connectivity index (χ2n) is 5.15. The molecule has 0 amide bonds. The van der Waals surface area contributed by atoms with E-state index in [4.69, 9.17) is 9.26 Å². The number of aryl methyl sites for hydroxylation is 1. The quantitative estimate of drug-likeness (QED) is 0.373. The van der Waals surface area contributed by atoms with Crippen LogP contribution < -0.4 is 15.4 Å². The van der Waals surface area contributed by atoms with Crippen molar-refractivity contribution in [3.63, 3.8) is 0 Å². The van der Waals surface area contributed by atoms with Gasteiger partial charge in [-0.3, -0.25) is 4.99 Å². The molecule has 1 unspecified atom stereocenters. The Bertz CT molecular complexity index is 680. The van der Waals surface area contributed by atoms with Gasteiger partial charge >= 0.3 is 0 Å². The molecule has 0 aliphatic rings. The number of nitrogens with one attached hydrogen (secondary N) is 2. The summed E-state index contributed by atoms with van der Waals surface area (Å²) in [5, 5.41) is 9.97. The highest BCUT2D eigenvalue weighted by atomic mass is 127. The van der Waals surface area contributed by atoms with Crippen molar-refractivity contribution >= 4 is 29.9 Å². The molecule has 0 saturated heterocycles. The minimum Gasteiger partial charge on any atom is -0.489 e. The lowest BCUT2D eigenvalue weighted by molar-refractivity contribution is 0.198. The Morgan fingerprint density at radius 3 is 2.80 bits per heavy atom. The van der Waals surface area contributed by atoms with E-state index in [2.05, 4.69) is 25.8 Å². The molecule has 2 aromatic rings. The SMILES string of the molecule is CCC(CNC(=NC)NCc1nc(C)no1)Oc1cccc(F)c1.I. The van der Waals surface area contributed by atoms with Gasteiger partial charge in [-0.15, -0.1) is 24.0 Å². The van der Waals surface area contributed by atoms with Gasteiger partial charge < -0.3 is 19.9 Å². The third kappa shape index (κ3) is 7.24. The summed E-state index contributed by atoms with van der Waals surface area (Å²) in [7, 11) is 1.67. The van der Waals surface area contributed by atoms with Gasteiger partial charge in [0.2, 0.25) is 5.89 Å². The minimum atomic E-state index is -0.317. The van der Waals surface area contributed by atoms with E-state index in [0.717, 1.165) is 6.42 Å². The number of halogens is 2. The number of aromatic nitrogens is 2. The van der Waals surface area contributed by atoms with E-state index in [1.54, 1.807) is 26.1 Å². The Morgan fingerprint density at radius 2 is 2.20 bits per heavy atom. The summed E-state index contributed by atoms with van der Waals surface area (Å²) in [5.41, 5.74) is 0. The maximum atomic E-state index is 13.2. The van der Waals surface area contributed by atoms with E-state index in [-0.39, 0.29) is 35.9 Å². The van der Waals surface area contributed by atoms with Crippen molar-refractivity contribution in [1.29, 1.82) is 0 Å². The maximum Gasteiger partial charge on any atom is 0.246 e. The monoisotopic (exact) mass is 463 g/mol. The molecule has 1 aromatic heterocycles. The molecule has 0 aliphatic carbocycles. The van der Waals surface area contributed by atoms with Gasteiger partial charge in [0.05, 0.1) is 13.1 Å². The molecule has 0 saturated carbocycles. The first-order chi connectivity index (χ1) is 11.6. The molecule has 0 bridgehead atoms. The van der Waals surface area contributed by atoms with Gasteiger partial charge in [0.1, 0.15) is 17.7 Å². The molecule has 1 aromatic carbocycles. The zero-order valence-electron chi connectivity index (χ0n) is 14.5. The van der Waals surface area contributed by atoms with Gasteiger partial charge in [-0.05, 0) is 25.5 Å². The second-order valence-corrected chi connectivity index (χ2v) is 5.15. The van der Waals surface area contributed by atoms with Crippen LogP contribution in [0.5, 0.6) is 5.75 Å². The Kier molecular flexibility index (Phi) is 9.17. The average molecular weight is 463 g/mol. The van der Waals surface area contributed by atoms with Crippen LogP contribution in [0, 0.1) is 12.7 Å². The number of hydrogen-bond acceptors (Lipinski definition) is 5. The molecule has 1 atom stereocenters. The second kappa shape index (κ2) is 10.9. The van der Waals surface area contributed by atoms with E-state index in [9.17, 15) is 4.39 Å².